The first-order valence-electron chi connectivity index (χ1n) is 11.7. The summed E-state index contributed by atoms with van der Waals surface area (Å²) in [6.07, 6.45) is 8.50. The molecule has 0 unspecified atom stereocenters. The van der Waals surface area contributed by atoms with E-state index >= 15 is 0 Å². The number of hydrogen-bond acceptors (Lipinski definition) is 6. The molecule has 0 saturated carbocycles. The molecule has 1 aromatic carbocycles. The van der Waals surface area contributed by atoms with E-state index in [1.165, 1.54) is 39.0 Å². The lowest BCUT2D eigenvalue weighted by Crippen LogP contribution is -2.52. The highest BCUT2D eigenvalue weighted by Gasteiger charge is 2.27. The van der Waals surface area contributed by atoms with Crippen LogP contribution in [0.2, 0.25) is 0 Å². The van der Waals surface area contributed by atoms with E-state index < -0.39 is 0 Å². The number of fused-ring (bicyclic) bond motifs is 1. The van der Waals surface area contributed by atoms with E-state index in [9.17, 15) is 0 Å². The zero-order valence-corrected chi connectivity index (χ0v) is 19.7. The minimum absolute atomic E-state index is 0.717. The van der Waals surface area contributed by atoms with Gasteiger partial charge in [0, 0.05) is 50.9 Å². The fourth-order valence-electron chi connectivity index (χ4n) is 5.34. The molecule has 2 fully saturated rings. The molecular formula is C25H34N6O. The first kappa shape index (κ1) is 21.2. The normalized spacial score (nSPS) is 19.1. The van der Waals surface area contributed by atoms with Crippen LogP contribution in [-0.2, 0) is 0 Å². The van der Waals surface area contributed by atoms with Gasteiger partial charge in [0.1, 0.15) is 5.75 Å². The molecule has 0 N–H and O–H groups in total. The zero-order valence-electron chi connectivity index (χ0n) is 19.7. The molecule has 0 aliphatic carbocycles. The Morgan fingerprint density at radius 2 is 1.62 bits per heavy atom. The third-order valence-electron chi connectivity index (χ3n) is 7.20. The van der Waals surface area contributed by atoms with Crippen molar-refractivity contribution in [2.24, 2.45) is 0 Å². The minimum Gasteiger partial charge on any atom is -0.496 e. The van der Waals surface area contributed by atoms with Crippen molar-refractivity contribution in [1.82, 2.24) is 24.4 Å². The van der Waals surface area contributed by atoms with Crippen LogP contribution in [0.15, 0.2) is 30.7 Å². The van der Waals surface area contributed by atoms with Crippen molar-refractivity contribution in [3.63, 3.8) is 0 Å². The fraction of sp³-hybridized carbons (Fsp3) is 0.520. The van der Waals surface area contributed by atoms with Gasteiger partial charge in [0.25, 0.3) is 0 Å². The monoisotopic (exact) mass is 434 g/mol. The van der Waals surface area contributed by atoms with Gasteiger partial charge in [-0.2, -0.15) is 5.10 Å². The first-order chi connectivity index (χ1) is 15.5. The number of methoxy groups -OCH3 is 1. The topological polar surface area (TPSA) is 49.1 Å². The van der Waals surface area contributed by atoms with Crippen LogP contribution in [0.3, 0.4) is 0 Å². The quantitative estimate of drug-likeness (QED) is 0.628. The summed E-state index contributed by atoms with van der Waals surface area (Å²) >= 11 is 0. The number of piperidine rings is 1. The maximum absolute atomic E-state index is 5.52. The number of nitrogens with zero attached hydrogens (tertiary/aromatic N) is 6. The Morgan fingerprint density at radius 1 is 0.938 bits per heavy atom. The number of aryl methyl sites for hydroxylation is 2. The number of piperazine rings is 1. The molecule has 0 amide bonds. The van der Waals surface area contributed by atoms with Crippen molar-refractivity contribution in [1.29, 1.82) is 0 Å². The van der Waals surface area contributed by atoms with Crippen LogP contribution in [0, 0.1) is 13.8 Å². The highest BCUT2D eigenvalue weighted by molar-refractivity contribution is 5.79. The molecule has 2 aromatic heterocycles. The molecule has 2 saturated heterocycles. The number of aromatic nitrogens is 3. The molecule has 4 heterocycles. The van der Waals surface area contributed by atoms with Crippen molar-refractivity contribution in [3.05, 3.63) is 41.9 Å². The van der Waals surface area contributed by atoms with Crippen molar-refractivity contribution in [2.45, 2.75) is 32.7 Å². The molecule has 5 rings (SSSR count). The Morgan fingerprint density at radius 3 is 2.28 bits per heavy atom. The fourth-order valence-corrected chi connectivity index (χ4v) is 5.34. The predicted molar refractivity (Wildman–Crippen MR) is 129 cm³/mol. The van der Waals surface area contributed by atoms with Crippen LogP contribution < -0.4 is 9.64 Å². The van der Waals surface area contributed by atoms with Gasteiger partial charge in [-0.3, -0.25) is 4.90 Å². The summed E-state index contributed by atoms with van der Waals surface area (Å²) in [5.41, 5.74) is 6.49. The molecule has 0 bridgehead atoms. The van der Waals surface area contributed by atoms with E-state index in [-0.39, 0.29) is 0 Å². The van der Waals surface area contributed by atoms with Crippen molar-refractivity contribution >= 4 is 11.3 Å². The van der Waals surface area contributed by atoms with Crippen molar-refractivity contribution < 1.29 is 4.74 Å². The second kappa shape index (κ2) is 8.71. The van der Waals surface area contributed by atoms with Gasteiger partial charge in [-0.25, -0.2) is 9.50 Å². The third kappa shape index (κ3) is 3.95. The Bertz CT molecular complexity index is 1070. The molecule has 0 atom stereocenters. The number of anilines is 1. The SMILES string of the molecule is COc1c(C)cc(-c2cnn3cc(N4CCC(N5CCN(C)CC5)CC4)cnc23)cc1C. The van der Waals surface area contributed by atoms with Crippen LogP contribution in [0.4, 0.5) is 5.69 Å². The first-order valence-corrected chi connectivity index (χ1v) is 11.7. The smallest absolute Gasteiger partial charge is 0.162 e. The van der Waals surface area contributed by atoms with Crippen LogP contribution in [0.5, 0.6) is 5.75 Å². The standard InChI is InChI=1S/C25H34N6O/c1-18-13-20(14-19(2)24(18)32-4)23-16-27-31-17-22(15-26-25(23)31)29-7-5-21(6-8-29)30-11-9-28(3)10-12-30/h13-17,21H,5-12H2,1-4H3. The van der Waals surface area contributed by atoms with Gasteiger partial charge in [0.15, 0.2) is 5.65 Å². The molecule has 2 aliphatic heterocycles. The van der Waals surface area contributed by atoms with Gasteiger partial charge in [-0.05, 0) is 62.6 Å². The minimum atomic E-state index is 0.717. The lowest BCUT2D eigenvalue weighted by Gasteiger charge is -2.42. The second-order valence-corrected chi connectivity index (χ2v) is 9.34. The second-order valence-electron chi connectivity index (χ2n) is 9.34. The summed E-state index contributed by atoms with van der Waals surface area (Å²) in [6, 6.07) is 5.03. The van der Waals surface area contributed by atoms with Gasteiger partial charge >= 0.3 is 0 Å². The summed E-state index contributed by atoms with van der Waals surface area (Å²) in [7, 11) is 3.95. The molecule has 7 nitrogen and oxygen atoms in total. The lowest BCUT2D eigenvalue weighted by molar-refractivity contribution is 0.0982. The zero-order chi connectivity index (χ0) is 22.2. The number of hydrogen-bond donors (Lipinski definition) is 0. The van der Waals surface area contributed by atoms with Gasteiger partial charge < -0.3 is 14.5 Å². The summed E-state index contributed by atoms with van der Waals surface area (Å²) in [4.78, 5) is 12.4. The average molecular weight is 435 g/mol. The van der Waals surface area contributed by atoms with Crippen LogP contribution in [0.1, 0.15) is 24.0 Å². The maximum Gasteiger partial charge on any atom is 0.162 e. The summed E-state index contributed by atoms with van der Waals surface area (Å²) < 4.78 is 7.45. The van der Waals surface area contributed by atoms with E-state index in [2.05, 4.69) is 59.0 Å². The number of likely N-dealkylation sites (N-methyl/N-ethyl adjacent to an activating group) is 1. The highest BCUT2D eigenvalue weighted by Crippen LogP contribution is 2.32. The molecule has 3 aromatic rings. The lowest BCUT2D eigenvalue weighted by atomic mass is 10.0. The van der Waals surface area contributed by atoms with E-state index in [0.29, 0.717) is 0 Å². The number of rotatable bonds is 4. The van der Waals surface area contributed by atoms with E-state index in [1.54, 1.807) is 7.11 Å². The van der Waals surface area contributed by atoms with E-state index in [0.717, 1.165) is 58.5 Å². The predicted octanol–water partition coefficient (Wildman–Crippen LogP) is 3.24. The Hall–Kier alpha value is -2.64. The Balaban J connectivity index is 1.32. The van der Waals surface area contributed by atoms with Crippen LogP contribution >= 0.6 is 0 Å². The Kier molecular flexibility index (Phi) is 5.78. The van der Waals surface area contributed by atoms with Gasteiger partial charge in [-0.15, -0.1) is 0 Å². The van der Waals surface area contributed by atoms with Crippen molar-refractivity contribution in [3.8, 4) is 16.9 Å². The average Bonchev–Trinajstić information content (AvgIpc) is 3.23. The van der Waals surface area contributed by atoms with E-state index in [1.807, 2.05) is 16.9 Å². The van der Waals surface area contributed by atoms with Gasteiger partial charge in [0.05, 0.1) is 31.4 Å². The van der Waals surface area contributed by atoms with Crippen LogP contribution in [0.25, 0.3) is 16.8 Å². The van der Waals surface area contributed by atoms with Gasteiger partial charge in [-0.1, -0.05) is 0 Å². The number of ether oxygens (including phenoxy) is 1. The summed E-state index contributed by atoms with van der Waals surface area (Å²) in [5, 5.41) is 4.63. The van der Waals surface area contributed by atoms with E-state index in [4.69, 9.17) is 9.72 Å². The summed E-state index contributed by atoms with van der Waals surface area (Å²) in [5.74, 6) is 0.945. The molecular weight excluding hydrogens is 400 g/mol. The molecule has 32 heavy (non-hydrogen) atoms. The Labute approximate surface area is 190 Å². The molecule has 2 aliphatic rings. The molecule has 7 heteroatoms. The molecule has 170 valence electrons. The third-order valence-corrected chi connectivity index (χ3v) is 7.20. The van der Waals surface area contributed by atoms with Crippen molar-refractivity contribution in [2.75, 3.05) is 58.3 Å². The molecule has 0 radical (unpaired) electrons. The summed E-state index contributed by atoms with van der Waals surface area (Å²) in [6.45, 7) is 11.1. The highest BCUT2D eigenvalue weighted by atomic mass is 16.5. The largest absolute Gasteiger partial charge is 0.496 e. The maximum atomic E-state index is 5.52. The van der Waals surface area contributed by atoms with Crippen LogP contribution in [-0.4, -0.2) is 83.9 Å². The van der Waals surface area contributed by atoms with Gasteiger partial charge in [0.2, 0.25) is 0 Å². The number of benzene rings is 1. The molecule has 0 spiro atoms.